The molecule has 1 aromatic carbocycles. The second kappa shape index (κ2) is 7.06. The Balaban J connectivity index is 1.48. The van der Waals surface area contributed by atoms with Crippen molar-refractivity contribution in [2.24, 2.45) is 0 Å². The van der Waals surface area contributed by atoms with Crippen LogP contribution in [-0.2, 0) is 4.79 Å². The van der Waals surface area contributed by atoms with E-state index in [9.17, 15) is 4.79 Å². The molecule has 2 aromatic rings. The Morgan fingerprint density at radius 1 is 1.18 bits per heavy atom. The lowest BCUT2D eigenvalue weighted by Gasteiger charge is -2.26. The molecule has 1 amide bonds. The van der Waals surface area contributed by atoms with Crippen LogP contribution in [0.2, 0.25) is 0 Å². The van der Waals surface area contributed by atoms with Crippen molar-refractivity contribution in [3.05, 3.63) is 30.3 Å². The predicted octanol–water partition coefficient (Wildman–Crippen LogP) is 2.55. The molecular weight excluding hydrogens is 280 g/mol. The zero-order chi connectivity index (χ0) is 15.2. The van der Waals surface area contributed by atoms with Gasteiger partial charge in [0.25, 0.3) is 11.8 Å². The maximum absolute atomic E-state index is 12.0. The summed E-state index contributed by atoms with van der Waals surface area (Å²) in [4.78, 5) is 18.3. The summed E-state index contributed by atoms with van der Waals surface area (Å²) in [5.41, 5.74) is 0.882. The Kier molecular flexibility index (Phi) is 4.68. The third kappa shape index (κ3) is 3.63. The first-order chi connectivity index (χ1) is 10.8. The highest BCUT2D eigenvalue weighted by molar-refractivity contribution is 5.76. The normalized spacial score (nSPS) is 14.8. The number of hydrogen-bond acceptors (Lipinski definition) is 5. The van der Waals surface area contributed by atoms with Gasteiger partial charge >= 0.3 is 0 Å². The van der Waals surface area contributed by atoms with Gasteiger partial charge in [-0.25, -0.2) is 0 Å². The number of piperidine rings is 1. The van der Waals surface area contributed by atoms with Gasteiger partial charge in [0.2, 0.25) is 5.91 Å². The molecule has 1 aliphatic heterocycles. The first-order valence-corrected chi connectivity index (χ1v) is 7.74. The second-order valence-electron chi connectivity index (χ2n) is 5.41. The minimum atomic E-state index is 0.193. The van der Waals surface area contributed by atoms with E-state index in [0.29, 0.717) is 24.8 Å². The average Bonchev–Trinajstić information content (AvgIpc) is 3.05. The molecule has 116 valence electrons. The van der Waals surface area contributed by atoms with E-state index >= 15 is 0 Å². The minimum absolute atomic E-state index is 0.193. The number of rotatable bonds is 5. The molecule has 3 rings (SSSR count). The summed E-state index contributed by atoms with van der Waals surface area (Å²) in [5.74, 6) is 1.09. The van der Waals surface area contributed by atoms with Crippen molar-refractivity contribution in [2.75, 3.05) is 25.0 Å². The fraction of sp³-hybridized carbons (Fsp3) is 0.438. The van der Waals surface area contributed by atoms with Crippen LogP contribution >= 0.6 is 0 Å². The SMILES string of the molecule is O=C(CCNc1noc(-c2ccccc2)n1)N1CCCCC1. The molecule has 1 aliphatic rings. The van der Waals surface area contributed by atoms with E-state index in [2.05, 4.69) is 15.5 Å². The first kappa shape index (κ1) is 14.6. The molecule has 1 aromatic heterocycles. The Morgan fingerprint density at radius 3 is 2.73 bits per heavy atom. The van der Waals surface area contributed by atoms with Crippen LogP contribution in [0.15, 0.2) is 34.9 Å². The number of anilines is 1. The number of aromatic nitrogens is 2. The van der Waals surface area contributed by atoms with Crippen LogP contribution in [0.3, 0.4) is 0 Å². The van der Waals surface area contributed by atoms with Gasteiger partial charge in [-0.3, -0.25) is 4.79 Å². The standard InChI is InChI=1S/C16H20N4O2/c21-14(20-11-5-2-6-12-20)9-10-17-16-18-15(22-19-16)13-7-3-1-4-8-13/h1,3-4,7-8H,2,5-6,9-12H2,(H,17,19). The summed E-state index contributed by atoms with van der Waals surface area (Å²) in [5, 5.41) is 6.92. The van der Waals surface area contributed by atoms with Gasteiger partial charge in [-0.2, -0.15) is 4.98 Å². The summed E-state index contributed by atoms with van der Waals surface area (Å²) in [7, 11) is 0. The Morgan fingerprint density at radius 2 is 1.95 bits per heavy atom. The average molecular weight is 300 g/mol. The first-order valence-electron chi connectivity index (χ1n) is 7.74. The van der Waals surface area contributed by atoms with Crippen molar-refractivity contribution < 1.29 is 9.32 Å². The minimum Gasteiger partial charge on any atom is -0.351 e. The Labute approximate surface area is 129 Å². The van der Waals surface area contributed by atoms with E-state index in [1.54, 1.807) is 0 Å². The van der Waals surface area contributed by atoms with E-state index in [4.69, 9.17) is 4.52 Å². The fourth-order valence-corrected chi connectivity index (χ4v) is 2.58. The van der Waals surface area contributed by atoms with E-state index in [-0.39, 0.29) is 5.91 Å². The summed E-state index contributed by atoms with van der Waals surface area (Å²) < 4.78 is 5.21. The van der Waals surface area contributed by atoms with Crippen LogP contribution in [0, 0.1) is 0 Å². The summed E-state index contributed by atoms with van der Waals surface area (Å²) >= 11 is 0. The van der Waals surface area contributed by atoms with Gasteiger partial charge in [0.1, 0.15) is 0 Å². The number of carbonyl (C=O) groups is 1. The molecule has 0 spiro atoms. The molecule has 1 N–H and O–H groups in total. The molecule has 0 aliphatic carbocycles. The predicted molar refractivity (Wildman–Crippen MR) is 83.3 cm³/mol. The number of benzene rings is 1. The Hall–Kier alpha value is -2.37. The molecule has 22 heavy (non-hydrogen) atoms. The van der Waals surface area contributed by atoms with Crippen molar-refractivity contribution in [3.8, 4) is 11.5 Å². The number of nitrogens with one attached hydrogen (secondary N) is 1. The third-order valence-electron chi connectivity index (χ3n) is 3.78. The number of hydrogen-bond donors (Lipinski definition) is 1. The highest BCUT2D eigenvalue weighted by Gasteiger charge is 2.16. The van der Waals surface area contributed by atoms with Gasteiger partial charge in [0.05, 0.1) is 0 Å². The molecule has 0 saturated carbocycles. The van der Waals surface area contributed by atoms with E-state index in [1.165, 1.54) is 6.42 Å². The molecule has 6 nitrogen and oxygen atoms in total. The van der Waals surface area contributed by atoms with Crippen molar-refractivity contribution in [2.45, 2.75) is 25.7 Å². The molecule has 6 heteroatoms. The molecule has 1 saturated heterocycles. The molecule has 0 radical (unpaired) electrons. The number of nitrogens with zero attached hydrogens (tertiary/aromatic N) is 3. The maximum Gasteiger partial charge on any atom is 0.263 e. The second-order valence-corrected chi connectivity index (χ2v) is 5.41. The molecule has 0 unspecified atom stereocenters. The largest absolute Gasteiger partial charge is 0.351 e. The lowest BCUT2D eigenvalue weighted by molar-refractivity contribution is -0.131. The number of likely N-dealkylation sites (tertiary alicyclic amines) is 1. The van der Waals surface area contributed by atoms with E-state index in [0.717, 1.165) is 31.5 Å². The Bertz CT molecular complexity index is 606. The monoisotopic (exact) mass is 300 g/mol. The van der Waals surface area contributed by atoms with Gasteiger partial charge in [-0.15, -0.1) is 0 Å². The van der Waals surface area contributed by atoms with Gasteiger partial charge in [-0.1, -0.05) is 18.2 Å². The summed E-state index contributed by atoms with van der Waals surface area (Å²) in [6.07, 6.45) is 3.91. The molecule has 1 fully saturated rings. The van der Waals surface area contributed by atoms with Crippen LogP contribution in [0.5, 0.6) is 0 Å². The lowest BCUT2D eigenvalue weighted by atomic mass is 10.1. The van der Waals surface area contributed by atoms with Crippen LogP contribution in [0.1, 0.15) is 25.7 Å². The van der Waals surface area contributed by atoms with Crippen molar-refractivity contribution in [1.82, 2.24) is 15.0 Å². The molecular formula is C16H20N4O2. The topological polar surface area (TPSA) is 71.3 Å². The zero-order valence-corrected chi connectivity index (χ0v) is 12.5. The third-order valence-corrected chi connectivity index (χ3v) is 3.78. The molecule has 0 atom stereocenters. The maximum atomic E-state index is 12.0. The number of amides is 1. The fourth-order valence-electron chi connectivity index (χ4n) is 2.58. The van der Waals surface area contributed by atoms with Gasteiger partial charge in [-0.05, 0) is 36.6 Å². The van der Waals surface area contributed by atoms with Crippen molar-refractivity contribution in [1.29, 1.82) is 0 Å². The highest BCUT2D eigenvalue weighted by Crippen LogP contribution is 2.17. The number of carbonyl (C=O) groups excluding carboxylic acids is 1. The zero-order valence-electron chi connectivity index (χ0n) is 12.5. The van der Waals surface area contributed by atoms with Crippen molar-refractivity contribution >= 4 is 11.9 Å². The van der Waals surface area contributed by atoms with Crippen LogP contribution in [0.25, 0.3) is 11.5 Å². The van der Waals surface area contributed by atoms with Crippen molar-refractivity contribution in [3.63, 3.8) is 0 Å². The highest BCUT2D eigenvalue weighted by atomic mass is 16.5. The van der Waals surface area contributed by atoms with Crippen LogP contribution < -0.4 is 5.32 Å². The van der Waals surface area contributed by atoms with Gasteiger partial charge in [0.15, 0.2) is 0 Å². The lowest BCUT2D eigenvalue weighted by Crippen LogP contribution is -2.36. The summed E-state index contributed by atoms with van der Waals surface area (Å²) in [6, 6.07) is 9.60. The van der Waals surface area contributed by atoms with Gasteiger partial charge < -0.3 is 14.7 Å². The molecule has 0 bridgehead atoms. The van der Waals surface area contributed by atoms with Crippen LogP contribution in [0.4, 0.5) is 5.95 Å². The smallest absolute Gasteiger partial charge is 0.263 e. The summed E-state index contributed by atoms with van der Waals surface area (Å²) in [6.45, 7) is 2.29. The quantitative estimate of drug-likeness (QED) is 0.919. The van der Waals surface area contributed by atoms with Gasteiger partial charge in [0, 0.05) is 31.6 Å². The van der Waals surface area contributed by atoms with E-state index < -0.39 is 0 Å². The van der Waals surface area contributed by atoms with Crippen LogP contribution in [-0.4, -0.2) is 40.6 Å². The van der Waals surface area contributed by atoms with E-state index in [1.807, 2.05) is 35.2 Å². The molecule has 2 heterocycles.